The van der Waals surface area contributed by atoms with Crippen LogP contribution in [0.15, 0.2) is 0 Å². The molecule has 0 aliphatic heterocycles. The van der Waals surface area contributed by atoms with Crippen molar-refractivity contribution in [3.05, 3.63) is 0 Å². The summed E-state index contributed by atoms with van der Waals surface area (Å²) in [4.78, 5) is 0. The Kier molecular flexibility index (Phi) is 190. The molecule has 0 saturated carbocycles. The zero-order valence-electron chi connectivity index (χ0n) is 1.00. The first kappa shape index (κ1) is 37.7. The van der Waals surface area contributed by atoms with Crippen molar-refractivity contribution in [3.8, 4) is 0 Å². The predicted octanol–water partition coefficient (Wildman–Crippen LogP) is -4.40. The zero-order chi connectivity index (χ0) is 0. The maximum atomic E-state index is 0. The number of rotatable bonds is 0. The normalized spacial score (nSPS) is 0. The molecule has 0 heterocycles. The van der Waals surface area contributed by atoms with Crippen LogP contribution < -0.4 is 0 Å². The van der Waals surface area contributed by atoms with E-state index in [2.05, 4.69) is 0 Å². The SMILES string of the molecule is O.O.[CaH2].[CaH2].[CaH2]. The predicted molar refractivity (Wildman–Crippen MR) is 32.9 cm³/mol. The minimum atomic E-state index is 0. The van der Waals surface area contributed by atoms with Crippen LogP contribution in [-0.2, 0) is 0 Å². The molecule has 4 N–H and O–H groups in total. The van der Waals surface area contributed by atoms with E-state index in [0.29, 0.717) is 0 Å². The summed E-state index contributed by atoms with van der Waals surface area (Å²) in [5.41, 5.74) is 0. The molecule has 0 bridgehead atoms. The number of hydrogen-bond acceptors (Lipinski definition) is 0. The Morgan fingerprint density at radius 2 is 0.400 bits per heavy atom. The summed E-state index contributed by atoms with van der Waals surface area (Å²) in [6, 6.07) is 0. The maximum absolute atomic E-state index is 0. The minimum absolute atomic E-state index is 0. The summed E-state index contributed by atoms with van der Waals surface area (Å²) < 4.78 is 0. The van der Waals surface area contributed by atoms with Crippen molar-refractivity contribution >= 4 is 113 Å². The van der Waals surface area contributed by atoms with Crippen LogP contribution in [0.4, 0.5) is 0 Å². The van der Waals surface area contributed by atoms with Gasteiger partial charge in [0.15, 0.2) is 0 Å². The third-order valence-electron chi connectivity index (χ3n) is 0. The average Bonchev–Trinajstić information content (AvgIpc) is 0. The molecule has 5 heteroatoms. The van der Waals surface area contributed by atoms with Crippen molar-refractivity contribution < 1.29 is 11.0 Å². The summed E-state index contributed by atoms with van der Waals surface area (Å²) in [7, 11) is 0. The van der Waals surface area contributed by atoms with E-state index in [0.717, 1.165) is 0 Å². The second-order valence-corrected chi connectivity index (χ2v) is 0. The molecule has 28 valence electrons. The summed E-state index contributed by atoms with van der Waals surface area (Å²) in [5.74, 6) is 0. The van der Waals surface area contributed by atoms with E-state index >= 15 is 0 Å². The molecule has 0 radical (unpaired) electrons. The van der Waals surface area contributed by atoms with E-state index in [-0.39, 0.29) is 124 Å². The van der Waals surface area contributed by atoms with Gasteiger partial charge in [0.1, 0.15) is 0 Å². The van der Waals surface area contributed by atoms with Gasteiger partial charge in [0.2, 0.25) is 0 Å². The van der Waals surface area contributed by atoms with Gasteiger partial charge >= 0.3 is 113 Å². The molecule has 2 nitrogen and oxygen atoms in total. The van der Waals surface area contributed by atoms with Gasteiger partial charge in [-0.1, -0.05) is 0 Å². The molecule has 0 rings (SSSR count). The van der Waals surface area contributed by atoms with Gasteiger partial charge < -0.3 is 11.0 Å². The Bertz CT molecular complexity index is 4.85. The molecule has 0 spiro atoms. The monoisotopic (exact) mass is 162 g/mol. The topological polar surface area (TPSA) is 63.0 Å². The van der Waals surface area contributed by atoms with Gasteiger partial charge in [-0.15, -0.1) is 0 Å². The molecular formula is H10Ca3O2. The fraction of sp³-hybridized carbons (Fsp3) is 0. The third-order valence-corrected chi connectivity index (χ3v) is 0. The zero-order valence-corrected chi connectivity index (χ0v) is 1.00. The van der Waals surface area contributed by atoms with Gasteiger partial charge in [0.05, 0.1) is 0 Å². The summed E-state index contributed by atoms with van der Waals surface area (Å²) in [5, 5.41) is 0. The first-order valence-corrected chi connectivity index (χ1v) is 0. The van der Waals surface area contributed by atoms with Crippen LogP contribution in [0.2, 0.25) is 0 Å². The van der Waals surface area contributed by atoms with E-state index in [1.54, 1.807) is 0 Å². The van der Waals surface area contributed by atoms with Gasteiger partial charge in [-0.3, -0.25) is 0 Å². The molecule has 0 aromatic heterocycles. The van der Waals surface area contributed by atoms with Crippen molar-refractivity contribution in [1.29, 1.82) is 0 Å². The van der Waals surface area contributed by atoms with E-state index in [9.17, 15) is 0 Å². The van der Waals surface area contributed by atoms with Crippen molar-refractivity contribution in [1.82, 2.24) is 0 Å². The Hall–Kier alpha value is 3.70. The molecule has 0 saturated heterocycles. The molecule has 0 amide bonds. The molecule has 0 atom stereocenters. The van der Waals surface area contributed by atoms with Crippen LogP contribution >= 0.6 is 0 Å². The Morgan fingerprint density at radius 1 is 0.400 bits per heavy atom. The van der Waals surface area contributed by atoms with E-state index in [4.69, 9.17) is 0 Å². The molecule has 5 heavy (non-hydrogen) atoms. The first-order chi connectivity index (χ1) is 0. The second kappa shape index (κ2) is 25.3. The molecule has 0 aromatic rings. The van der Waals surface area contributed by atoms with Crippen molar-refractivity contribution in [2.75, 3.05) is 0 Å². The standard InChI is InChI=1S/3Ca.2H2O.6H/h;;;2*1H2;;;;;;. The summed E-state index contributed by atoms with van der Waals surface area (Å²) in [6.45, 7) is 0. The van der Waals surface area contributed by atoms with Crippen LogP contribution in [0.5, 0.6) is 0 Å². The summed E-state index contributed by atoms with van der Waals surface area (Å²) >= 11 is 0. The Balaban J connectivity index is 0. The Labute approximate surface area is 121 Å². The molecule has 0 aliphatic rings. The van der Waals surface area contributed by atoms with Crippen molar-refractivity contribution in [2.45, 2.75) is 0 Å². The van der Waals surface area contributed by atoms with Crippen molar-refractivity contribution in [2.24, 2.45) is 0 Å². The van der Waals surface area contributed by atoms with E-state index < -0.39 is 0 Å². The fourth-order valence-corrected chi connectivity index (χ4v) is 0. The number of hydrogen-bond donors (Lipinski definition) is 0. The molecule has 0 aromatic carbocycles. The first-order valence-electron chi connectivity index (χ1n) is 0. The fourth-order valence-electron chi connectivity index (χ4n) is 0. The van der Waals surface area contributed by atoms with Gasteiger partial charge in [0.25, 0.3) is 0 Å². The molecule has 0 unspecified atom stereocenters. The van der Waals surface area contributed by atoms with Crippen LogP contribution in [0.1, 0.15) is 0 Å². The third kappa shape index (κ3) is 18.3. The van der Waals surface area contributed by atoms with Crippen molar-refractivity contribution in [3.63, 3.8) is 0 Å². The van der Waals surface area contributed by atoms with Crippen LogP contribution in [0.25, 0.3) is 0 Å². The Morgan fingerprint density at radius 3 is 0.400 bits per heavy atom. The van der Waals surface area contributed by atoms with E-state index in [1.807, 2.05) is 0 Å². The van der Waals surface area contributed by atoms with Gasteiger partial charge in [-0.25, -0.2) is 0 Å². The van der Waals surface area contributed by atoms with Gasteiger partial charge in [-0.05, 0) is 0 Å². The quantitative estimate of drug-likeness (QED) is 0.323. The van der Waals surface area contributed by atoms with Crippen LogP contribution in [-0.4, -0.2) is 124 Å². The van der Waals surface area contributed by atoms with Crippen LogP contribution in [0, 0.1) is 0 Å². The molecule has 0 fully saturated rings. The van der Waals surface area contributed by atoms with E-state index in [1.165, 1.54) is 0 Å². The van der Waals surface area contributed by atoms with Gasteiger partial charge in [0, 0.05) is 0 Å². The average molecular weight is 162 g/mol. The van der Waals surface area contributed by atoms with Crippen LogP contribution in [0.3, 0.4) is 0 Å². The molecule has 0 aliphatic carbocycles. The second-order valence-electron chi connectivity index (χ2n) is 0. The summed E-state index contributed by atoms with van der Waals surface area (Å²) in [6.07, 6.45) is 0. The molecular weight excluding hydrogens is 152 g/mol. The van der Waals surface area contributed by atoms with Gasteiger partial charge in [-0.2, -0.15) is 0 Å².